The van der Waals surface area contributed by atoms with Crippen molar-refractivity contribution in [2.24, 2.45) is 0 Å². The number of nitrogens with zero attached hydrogens (tertiary/aromatic N) is 3. The molecule has 1 aromatic rings. The predicted molar refractivity (Wildman–Crippen MR) is 35.6 cm³/mol. The van der Waals surface area contributed by atoms with Crippen LogP contribution in [0.15, 0.2) is 24.7 Å². The molecule has 0 aliphatic rings. The molecule has 12 heavy (non-hydrogen) atoms. The molecule has 0 N–H and O–H groups in total. The molecule has 5 heteroatoms. The molecule has 1 rings (SSSR count). The number of allylic oxidation sites excluding steroid dienone is 1. The molecule has 0 aliphatic heterocycles. The Balaban J connectivity index is 0.00000121. The van der Waals surface area contributed by atoms with Crippen LogP contribution in [0.3, 0.4) is 0 Å². The second-order valence-electron chi connectivity index (χ2n) is 1.73. The first kappa shape index (κ1) is 11.1. The van der Waals surface area contributed by atoms with Gasteiger partial charge in [-0.25, -0.2) is 0 Å². The Bertz CT molecular complexity index is 304. The summed E-state index contributed by atoms with van der Waals surface area (Å²) in [6.45, 7) is 0. The van der Waals surface area contributed by atoms with Crippen molar-refractivity contribution < 1.29 is 34.7 Å². The molecule has 0 bridgehead atoms. The first-order chi connectivity index (χ1) is 5.34. The van der Waals surface area contributed by atoms with Gasteiger partial charge in [-0.05, 0) is 0 Å². The van der Waals surface area contributed by atoms with E-state index in [1.54, 1.807) is 6.07 Å². The maximum atomic E-state index is 10.9. The fourth-order valence-electron chi connectivity index (χ4n) is 0.559. The Hall–Kier alpha value is -0.890. The summed E-state index contributed by atoms with van der Waals surface area (Å²) >= 11 is 0. The van der Waals surface area contributed by atoms with Crippen molar-refractivity contribution in [1.29, 1.82) is 5.26 Å². The van der Waals surface area contributed by atoms with Gasteiger partial charge in [0.05, 0.1) is 18.0 Å². The number of aromatic nitrogens is 2. The monoisotopic (exact) mass is 169 g/mol. The van der Waals surface area contributed by atoms with E-state index in [1.165, 1.54) is 18.6 Å². The van der Waals surface area contributed by atoms with Gasteiger partial charge in [0, 0.05) is 18.5 Å². The van der Waals surface area contributed by atoms with Crippen LogP contribution in [-0.2, 0) is 0 Å². The minimum absolute atomic E-state index is 0. The van der Waals surface area contributed by atoms with E-state index in [2.05, 4.69) is 9.97 Å². The molecule has 1 heterocycles. The number of hydrogen-bond donors (Lipinski definition) is 0. The van der Waals surface area contributed by atoms with Crippen molar-refractivity contribution in [2.45, 2.75) is 0 Å². The maximum Gasteiger partial charge on any atom is 1.00 e. The van der Waals surface area contributed by atoms with E-state index in [1.807, 2.05) is 0 Å². The Kier molecular flexibility index (Phi) is 5.30. The van der Waals surface area contributed by atoms with Crippen molar-refractivity contribution in [1.82, 2.24) is 9.97 Å². The Morgan fingerprint density at radius 1 is 1.58 bits per heavy atom. The molecule has 0 radical (unpaired) electrons. The van der Waals surface area contributed by atoms with E-state index in [9.17, 15) is 5.11 Å². The third-order valence-electron chi connectivity index (χ3n) is 1.01. The zero-order valence-electron chi connectivity index (χ0n) is 6.56. The topological polar surface area (TPSA) is 72.6 Å². The number of rotatable bonds is 1. The third-order valence-corrected chi connectivity index (χ3v) is 1.01. The van der Waals surface area contributed by atoms with Crippen LogP contribution < -0.4 is 34.7 Å². The first-order valence-electron chi connectivity index (χ1n) is 2.88. The Morgan fingerprint density at radius 2 is 2.33 bits per heavy atom. The minimum atomic E-state index is -0.416. The fourth-order valence-corrected chi connectivity index (χ4v) is 0.559. The van der Waals surface area contributed by atoms with E-state index in [0.717, 1.165) is 6.08 Å². The van der Waals surface area contributed by atoms with Gasteiger partial charge in [0.25, 0.3) is 0 Å². The van der Waals surface area contributed by atoms with Crippen molar-refractivity contribution in [3.8, 4) is 6.07 Å². The SMILES string of the molecule is N#C/C=C(/[O-])c1cnccn1.[Na+]. The van der Waals surface area contributed by atoms with Crippen LogP contribution in [-0.4, -0.2) is 9.97 Å². The summed E-state index contributed by atoms with van der Waals surface area (Å²) in [5.74, 6) is -0.416. The van der Waals surface area contributed by atoms with Crippen LogP contribution in [0.25, 0.3) is 5.76 Å². The zero-order chi connectivity index (χ0) is 8.10. The number of nitriles is 1. The average molecular weight is 169 g/mol. The zero-order valence-corrected chi connectivity index (χ0v) is 8.56. The molecule has 4 nitrogen and oxygen atoms in total. The summed E-state index contributed by atoms with van der Waals surface area (Å²) in [5, 5.41) is 19.0. The summed E-state index contributed by atoms with van der Waals surface area (Å²) in [6.07, 6.45) is 5.07. The molecular formula is C7H4N3NaO. The fraction of sp³-hybridized carbons (Fsp3) is 0. The molecule has 0 fully saturated rings. The second kappa shape index (κ2) is 5.72. The standard InChI is InChI=1S/C7H5N3O.Na/c8-2-1-7(11)6-5-9-3-4-10-6;/h1,3-5,11H;/q;+1/p-1/b7-1+;. The molecular weight excluding hydrogens is 165 g/mol. The van der Waals surface area contributed by atoms with Gasteiger partial charge in [0.15, 0.2) is 0 Å². The van der Waals surface area contributed by atoms with E-state index < -0.39 is 5.76 Å². The van der Waals surface area contributed by atoms with Crippen LogP contribution in [0.4, 0.5) is 0 Å². The average Bonchev–Trinajstić information content (AvgIpc) is 2.07. The van der Waals surface area contributed by atoms with E-state index in [4.69, 9.17) is 5.26 Å². The van der Waals surface area contributed by atoms with Crippen LogP contribution in [0, 0.1) is 11.3 Å². The van der Waals surface area contributed by atoms with Crippen molar-refractivity contribution in [3.63, 3.8) is 0 Å². The van der Waals surface area contributed by atoms with E-state index >= 15 is 0 Å². The molecule has 0 saturated carbocycles. The van der Waals surface area contributed by atoms with Crippen LogP contribution in [0.1, 0.15) is 5.69 Å². The summed E-state index contributed by atoms with van der Waals surface area (Å²) in [4.78, 5) is 7.38. The van der Waals surface area contributed by atoms with Gasteiger partial charge in [-0.15, -0.1) is 0 Å². The van der Waals surface area contributed by atoms with Gasteiger partial charge < -0.3 is 5.11 Å². The molecule has 0 aliphatic carbocycles. The smallest absolute Gasteiger partial charge is 0.870 e. The van der Waals surface area contributed by atoms with E-state index in [0.29, 0.717) is 0 Å². The van der Waals surface area contributed by atoms with E-state index in [-0.39, 0.29) is 35.3 Å². The summed E-state index contributed by atoms with van der Waals surface area (Å²) in [7, 11) is 0. The first-order valence-corrected chi connectivity index (χ1v) is 2.88. The minimum Gasteiger partial charge on any atom is -0.870 e. The molecule has 0 atom stereocenters. The molecule has 0 amide bonds. The van der Waals surface area contributed by atoms with Gasteiger partial charge >= 0.3 is 29.6 Å². The van der Waals surface area contributed by atoms with Gasteiger partial charge in [-0.1, -0.05) is 5.76 Å². The van der Waals surface area contributed by atoms with Gasteiger partial charge in [-0.2, -0.15) is 5.26 Å². The molecule has 0 aromatic carbocycles. The van der Waals surface area contributed by atoms with Gasteiger partial charge in [-0.3, -0.25) is 9.97 Å². The summed E-state index contributed by atoms with van der Waals surface area (Å²) < 4.78 is 0. The predicted octanol–water partition coefficient (Wildman–Crippen LogP) is -3.29. The summed E-state index contributed by atoms with van der Waals surface area (Å²) in [5.41, 5.74) is 0.189. The molecule has 54 valence electrons. The van der Waals surface area contributed by atoms with Crippen LogP contribution >= 0.6 is 0 Å². The maximum absolute atomic E-state index is 10.9. The molecule has 0 unspecified atom stereocenters. The largest absolute Gasteiger partial charge is 1.00 e. The van der Waals surface area contributed by atoms with Gasteiger partial charge in [0.2, 0.25) is 0 Å². The van der Waals surface area contributed by atoms with Gasteiger partial charge in [0.1, 0.15) is 0 Å². The molecule has 0 saturated heterocycles. The molecule has 0 spiro atoms. The van der Waals surface area contributed by atoms with Crippen LogP contribution in [0.5, 0.6) is 0 Å². The summed E-state index contributed by atoms with van der Waals surface area (Å²) in [6, 6.07) is 1.62. The van der Waals surface area contributed by atoms with Crippen molar-refractivity contribution in [2.75, 3.05) is 0 Å². The normalized spacial score (nSPS) is 9.75. The number of hydrogen-bond acceptors (Lipinski definition) is 4. The molecule has 1 aromatic heterocycles. The van der Waals surface area contributed by atoms with Crippen LogP contribution in [0.2, 0.25) is 0 Å². The quantitative estimate of drug-likeness (QED) is 0.251. The Labute approximate surface area is 91.9 Å². The van der Waals surface area contributed by atoms with Crippen molar-refractivity contribution in [3.05, 3.63) is 30.4 Å². The van der Waals surface area contributed by atoms with Crippen molar-refractivity contribution >= 4 is 5.76 Å². The second-order valence-corrected chi connectivity index (χ2v) is 1.73. The third kappa shape index (κ3) is 3.01. The Morgan fingerprint density at radius 3 is 2.83 bits per heavy atom.